The number of carbonyl (C=O) groups is 1. The Bertz CT molecular complexity index is 734. The van der Waals surface area contributed by atoms with Gasteiger partial charge in [-0.05, 0) is 18.6 Å². The smallest absolute Gasteiger partial charge is 0.261 e. The molecule has 1 amide bonds. The number of aromatic nitrogens is 2. The number of carbonyl (C=O) groups excluding carboxylic acids is 1. The molecule has 0 unspecified atom stereocenters. The van der Waals surface area contributed by atoms with E-state index >= 15 is 0 Å². The minimum Gasteiger partial charge on any atom is -0.328 e. The standard InChI is InChI=1S/C15H12N4O/c1-10-5-2-3-6-11(10)13-12-14(19-9-18-13)16-7-4-8-17-15(12)20/h2-9H,1H3,(H,17,20). The Balaban J connectivity index is 2.27. The number of benzene rings is 1. The van der Waals surface area contributed by atoms with Gasteiger partial charge in [-0.3, -0.25) is 4.79 Å². The van der Waals surface area contributed by atoms with E-state index in [1.807, 2.05) is 31.2 Å². The molecule has 0 spiro atoms. The van der Waals surface area contributed by atoms with Crippen LogP contribution in [0.3, 0.4) is 0 Å². The Morgan fingerprint density at radius 2 is 2.00 bits per heavy atom. The summed E-state index contributed by atoms with van der Waals surface area (Å²) in [5.41, 5.74) is 2.93. The minimum atomic E-state index is -0.257. The third-order valence-electron chi connectivity index (χ3n) is 3.05. The number of aryl methyl sites for hydroxylation is 1. The summed E-state index contributed by atoms with van der Waals surface area (Å²) in [4.78, 5) is 24.8. The molecule has 2 heterocycles. The van der Waals surface area contributed by atoms with E-state index < -0.39 is 0 Å². The van der Waals surface area contributed by atoms with Gasteiger partial charge < -0.3 is 5.32 Å². The monoisotopic (exact) mass is 264 g/mol. The zero-order valence-electron chi connectivity index (χ0n) is 10.9. The Morgan fingerprint density at radius 3 is 2.85 bits per heavy atom. The van der Waals surface area contributed by atoms with Crippen LogP contribution in [0.5, 0.6) is 0 Å². The van der Waals surface area contributed by atoms with Crippen LogP contribution in [0.4, 0.5) is 5.82 Å². The first-order valence-corrected chi connectivity index (χ1v) is 6.18. The number of fused-ring (bicyclic) bond motifs is 1. The van der Waals surface area contributed by atoms with Crippen LogP contribution in [-0.2, 0) is 0 Å². The lowest BCUT2D eigenvalue weighted by Gasteiger charge is -2.12. The minimum absolute atomic E-state index is 0.257. The highest BCUT2D eigenvalue weighted by Gasteiger charge is 2.20. The summed E-state index contributed by atoms with van der Waals surface area (Å²) in [6.07, 6.45) is 6.21. The van der Waals surface area contributed by atoms with Gasteiger partial charge in [0, 0.05) is 18.0 Å². The Labute approximate surface area is 116 Å². The van der Waals surface area contributed by atoms with Crippen molar-refractivity contribution in [2.45, 2.75) is 6.92 Å². The molecule has 0 fully saturated rings. The molecule has 1 N–H and O–H groups in total. The van der Waals surface area contributed by atoms with Gasteiger partial charge in [0.05, 0.1) is 5.69 Å². The summed E-state index contributed by atoms with van der Waals surface area (Å²) in [7, 11) is 0. The molecule has 3 rings (SSSR count). The van der Waals surface area contributed by atoms with Gasteiger partial charge in [-0.2, -0.15) is 0 Å². The van der Waals surface area contributed by atoms with Crippen molar-refractivity contribution in [3.8, 4) is 11.3 Å². The number of hydrogen-bond donors (Lipinski definition) is 1. The topological polar surface area (TPSA) is 67.2 Å². The van der Waals surface area contributed by atoms with E-state index in [9.17, 15) is 4.79 Å². The van der Waals surface area contributed by atoms with Crippen LogP contribution in [0.25, 0.3) is 11.3 Å². The van der Waals surface area contributed by atoms with Crippen molar-refractivity contribution in [1.29, 1.82) is 0 Å². The number of amides is 1. The maximum atomic E-state index is 12.2. The van der Waals surface area contributed by atoms with Gasteiger partial charge in [0.15, 0.2) is 5.82 Å². The molecule has 5 heteroatoms. The highest BCUT2D eigenvalue weighted by Crippen LogP contribution is 2.29. The van der Waals surface area contributed by atoms with E-state index in [2.05, 4.69) is 20.3 Å². The summed E-state index contributed by atoms with van der Waals surface area (Å²) in [6, 6.07) is 7.78. The molecule has 2 aromatic rings. The molecule has 1 aliphatic rings. The molecule has 1 aromatic carbocycles. The summed E-state index contributed by atoms with van der Waals surface area (Å²) in [6.45, 7) is 1.98. The van der Waals surface area contributed by atoms with E-state index in [0.29, 0.717) is 17.1 Å². The van der Waals surface area contributed by atoms with Crippen LogP contribution in [-0.4, -0.2) is 22.1 Å². The summed E-state index contributed by atoms with van der Waals surface area (Å²) >= 11 is 0. The van der Waals surface area contributed by atoms with E-state index in [1.54, 1.807) is 18.5 Å². The molecule has 20 heavy (non-hydrogen) atoms. The van der Waals surface area contributed by atoms with Gasteiger partial charge in [0.25, 0.3) is 5.91 Å². The molecule has 0 aliphatic carbocycles. The predicted molar refractivity (Wildman–Crippen MR) is 77.0 cm³/mol. The number of nitrogens with one attached hydrogen (secondary N) is 1. The quantitative estimate of drug-likeness (QED) is 0.860. The van der Waals surface area contributed by atoms with Crippen molar-refractivity contribution in [3.05, 3.63) is 54.0 Å². The molecule has 0 bridgehead atoms. The van der Waals surface area contributed by atoms with Crippen molar-refractivity contribution >= 4 is 17.9 Å². The number of allylic oxidation sites excluding steroid dienone is 1. The number of rotatable bonds is 1. The second-order valence-electron chi connectivity index (χ2n) is 4.35. The van der Waals surface area contributed by atoms with Gasteiger partial charge in [-0.15, -0.1) is 0 Å². The van der Waals surface area contributed by atoms with Crippen LogP contribution >= 0.6 is 0 Å². The van der Waals surface area contributed by atoms with Crippen molar-refractivity contribution in [2.75, 3.05) is 0 Å². The maximum absolute atomic E-state index is 12.2. The van der Waals surface area contributed by atoms with Crippen molar-refractivity contribution < 1.29 is 4.79 Å². The molecule has 1 aliphatic heterocycles. The lowest BCUT2D eigenvalue weighted by atomic mass is 10.0. The Kier molecular flexibility index (Phi) is 3.09. The largest absolute Gasteiger partial charge is 0.328 e. The second-order valence-corrected chi connectivity index (χ2v) is 4.35. The van der Waals surface area contributed by atoms with Gasteiger partial charge >= 0.3 is 0 Å². The molecule has 0 saturated heterocycles. The van der Waals surface area contributed by atoms with Crippen LogP contribution in [0.15, 0.2) is 47.9 Å². The van der Waals surface area contributed by atoms with Crippen LogP contribution in [0.2, 0.25) is 0 Å². The average molecular weight is 264 g/mol. The first kappa shape index (κ1) is 12.2. The molecule has 0 saturated carbocycles. The van der Waals surface area contributed by atoms with Crippen LogP contribution in [0, 0.1) is 6.92 Å². The zero-order chi connectivity index (χ0) is 13.9. The van der Waals surface area contributed by atoms with Gasteiger partial charge in [0.2, 0.25) is 0 Å². The maximum Gasteiger partial charge on any atom is 0.261 e. The van der Waals surface area contributed by atoms with Gasteiger partial charge in [-0.25, -0.2) is 15.0 Å². The van der Waals surface area contributed by atoms with E-state index in [0.717, 1.165) is 11.1 Å². The molecular weight excluding hydrogens is 252 g/mol. The van der Waals surface area contributed by atoms with Crippen molar-refractivity contribution in [2.24, 2.45) is 4.99 Å². The van der Waals surface area contributed by atoms with Crippen LogP contribution in [0.1, 0.15) is 15.9 Å². The molecule has 1 aromatic heterocycles. The van der Waals surface area contributed by atoms with E-state index in [-0.39, 0.29) is 5.91 Å². The first-order valence-electron chi connectivity index (χ1n) is 6.18. The van der Waals surface area contributed by atoms with E-state index in [4.69, 9.17) is 0 Å². The van der Waals surface area contributed by atoms with Crippen molar-refractivity contribution in [1.82, 2.24) is 15.3 Å². The fourth-order valence-electron chi connectivity index (χ4n) is 2.08. The SMILES string of the molecule is Cc1ccccc1-c1ncnc2c1C(=O)NC=CC=N2. The fraction of sp³-hybridized carbons (Fsp3) is 0.0667. The normalized spacial score (nSPS) is 13.3. The molecule has 98 valence electrons. The van der Waals surface area contributed by atoms with Gasteiger partial charge in [-0.1, -0.05) is 24.3 Å². The molecule has 0 atom stereocenters. The lowest BCUT2D eigenvalue weighted by molar-refractivity contribution is 0.0971. The Hall–Kier alpha value is -2.82. The fourth-order valence-corrected chi connectivity index (χ4v) is 2.08. The highest BCUT2D eigenvalue weighted by atomic mass is 16.1. The van der Waals surface area contributed by atoms with Gasteiger partial charge in [0.1, 0.15) is 11.9 Å². The molecule has 0 radical (unpaired) electrons. The number of aliphatic imine (C=N–C) groups is 1. The van der Waals surface area contributed by atoms with Crippen molar-refractivity contribution in [3.63, 3.8) is 0 Å². The summed E-state index contributed by atoms with van der Waals surface area (Å²) in [5.74, 6) is 0.118. The number of hydrogen-bond acceptors (Lipinski definition) is 4. The summed E-state index contributed by atoms with van der Waals surface area (Å²) < 4.78 is 0. The highest BCUT2D eigenvalue weighted by molar-refractivity contribution is 6.05. The molecular formula is C15H12N4O. The summed E-state index contributed by atoms with van der Waals surface area (Å²) in [5, 5.41) is 2.68. The predicted octanol–water partition coefficient (Wildman–Crippen LogP) is 2.41. The van der Waals surface area contributed by atoms with Crippen LogP contribution < -0.4 is 5.32 Å². The average Bonchev–Trinajstić information content (AvgIpc) is 2.44. The Morgan fingerprint density at radius 1 is 1.15 bits per heavy atom. The third-order valence-corrected chi connectivity index (χ3v) is 3.05. The van der Waals surface area contributed by atoms with E-state index in [1.165, 1.54) is 6.33 Å². The third kappa shape index (κ3) is 2.09. The molecule has 5 nitrogen and oxygen atoms in total. The number of nitrogens with zero attached hydrogens (tertiary/aromatic N) is 3. The zero-order valence-corrected chi connectivity index (χ0v) is 10.9. The second kappa shape index (κ2) is 5.05. The first-order chi connectivity index (χ1) is 9.77. The lowest BCUT2D eigenvalue weighted by Crippen LogP contribution is -2.20.